The SMILES string of the molecule is [2H]C([2H])([2H])Oc1c(C(N)=O)cccc1[N+](=O)[O-]. The van der Waals surface area contributed by atoms with Crippen LogP contribution in [0, 0.1) is 10.1 Å². The van der Waals surface area contributed by atoms with E-state index in [4.69, 9.17) is 9.85 Å². The van der Waals surface area contributed by atoms with E-state index in [1.807, 2.05) is 0 Å². The summed E-state index contributed by atoms with van der Waals surface area (Å²) in [5.41, 5.74) is 4.00. The van der Waals surface area contributed by atoms with E-state index in [-0.39, 0.29) is 5.56 Å². The number of amides is 1. The highest BCUT2D eigenvalue weighted by Gasteiger charge is 2.20. The summed E-state index contributed by atoms with van der Waals surface area (Å²) in [5, 5.41) is 10.7. The van der Waals surface area contributed by atoms with Crippen LogP contribution >= 0.6 is 0 Å². The van der Waals surface area contributed by atoms with Crippen LogP contribution in [0.2, 0.25) is 0 Å². The highest BCUT2D eigenvalue weighted by Crippen LogP contribution is 2.29. The number of nitro benzene ring substituents is 1. The second-order valence-electron chi connectivity index (χ2n) is 2.38. The first kappa shape index (κ1) is 6.36. The van der Waals surface area contributed by atoms with Crippen LogP contribution in [0.1, 0.15) is 14.5 Å². The quantitative estimate of drug-likeness (QED) is 0.572. The molecule has 1 aromatic rings. The lowest BCUT2D eigenvalue weighted by molar-refractivity contribution is -0.385. The fourth-order valence-corrected chi connectivity index (χ4v) is 0.970. The van der Waals surface area contributed by atoms with Gasteiger partial charge in [-0.1, -0.05) is 6.07 Å². The van der Waals surface area contributed by atoms with Crippen LogP contribution in [-0.2, 0) is 0 Å². The summed E-state index contributed by atoms with van der Waals surface area (Å²) in [7, 11) is -2.91. The molecule has 0 aromatic heterocycles. The highest BCUT2D eigenvalue weighted by molar-refractivity contribution is 5.97. The molecule has 2 N–H and O–H groups in total. The number of carbonyl (C=O) groups excluding carboxylic acids is 1. The van der Waals surface area contributed by atoms with Gasteiger partial charge in [0, 0.05) is 6.07 Å². The van der Waals surface area contributed by atoms with Crippen molar-refractivity contribution in [3.05, 3.63) is 33.9 Å². The molecular formula is C8H8N2O4. The van der Waals surface area contributed by atoms with Gasteiger partial charge in [0.05, 0.1) is 21.6 Å². The van der Waals surface area contributed by atoms with Crippen LogP contribution in [0.3, 0.4) is 0 Å². The van der Waals surface area contributed by atoms with E-state index < -0.39 is 29.3 Å². The third-order valence-corrected chi connectivity index (χ3v) is 1.56. The lowest BCUT2D eigenvalue weighted by Gasteiger charge is -2.04. The summed E-state index contributed by atoms with van der Waals surface area (Å²) < 4.78 is 25.1. The van der Waals surface area contributed by atoms with Crippen molar-refractivity contribution in [1.29, 1.82) is 0 Å². The molecule has 0 unspecified atom stereocenters. The second-order valence-corrected chi connectivity index (χ2v) is 2.38. The van der Waals surface area contributed by atoms with Gasteiger partial charge in [0.1, 0.15) is 0 Å². The minimum atomic E-state index is -2.91. The number of nitrogens with zero attached hydrogens (tertiary/aromatic N) is 1. The summed E-state index contributed by atoms with van der Waals surface area (Å²) in [5.74, 6) is -1.65. The molecule has 74 valence electrons. The highest BCUT2D eigenvalue weighted by atomic mass is 16.6. The van der Waals surface area contributed by atoms with Gasteiger partial charge in [0.2, 0.25) is 5.75 Å². The number of primary amides is 1. The predicted molar refractivity (Wildman–Crippen MR) is 48.2 cm³/mol. The number of ether oxygens (including phenoxy) is 1. The molecule has 6 heteroatoms. The van der Waals surface area contributed by atoms with E-state index in [0.717, 1.165) is 12.1 Å². The zero-order valence-electron chi connectivity index (χ0n) is 9.89. The summed E-state index contributed by atoms with van der Waals surface area (Å²) >= 11 is 0. The second kappa shape index (κ2) is 3.73. The van der Waals surface area contributed by atoms with Crippen LogP contribution in [-0.4, -0.2) is 17.9 Å². The Morgan fingerprint density at radius 3 is 2.93 bits per heavy atom. The van der Waals surface area contributed by atoms with Crippen molar-refractivity contribution in [2.45, 2.75) is 0 Å². The standard InChI is InChI=1S/C8H8N2O4/c1-14-7-5(8(9)11)3-2-4-6(7)10(12)13/h2-4H,1H3,(H2,9,11)/i1D3. The Bertz CT molecular complexity index is 440. The molecule has 0 radical (unpaired) electrons. The first-order valence-corrected chi connectivity index (χ1v) is 3.48. The number of para-hydroxylation sites is 1. The van der Waals surface area contributed by atoms with Gasteiger partial charge >= 0.3 is 5.69 Å². The van der Waals surface area contributed by atoms with Gasteiger partial charge in [-0.3, -0.25) is 14.9 Å². The van der Waals surface area contributed by atoms with Crippen molar-refractivity contribution in [2.75, 3.05) is 7.04 Å². The number of benzene rings is 1. The Morgan fingerprint density at radius 2 is 2.43 bits per heavy atom. The van der Waals surface area contributed by atoms with E-state index in [1.165, 1.54) is 6.07 Å². The lowest BCUT2D eigenvalue weighted by Crippen LogP contribution is -2.13. The zero-order chi connectivity index (χ0) is 13.2. The number of carbonyl (C=O) groups is 1. The molecule has 0 heterocycles. The molecule has 0 atom stereocenters. The molecule has 1 aromatic carbocycles. The first-order chi connectivity index (χ1) is 7.72. The normalized spacial score (nSPS) is 13.6. The van der Waals surface area contributed by atoms with Crippen molar-refractivity contribution >= 4 is 11.6 Å². The Balaban J connectivity index is 3.39. The maximum atomic E-state index is 11.0. The fraction of sp³-hybridized carbons (Fsp3) is 0.125. The Morgan fingerprint density at radius 1 is 1.71 bits per heavy atom. The average molecular weight is 199 g/mol. The van der Waals surface area contributed by atoms with Gasteiger partial charge < -0.3 is 10.5 Å². The summed E-state index contributed by atoms with van der Waals surface area (Å²) in [4.78, 5) is 20.8. The maximum Gasteiger partial charge on any atom is 0.311 e. The van der Waals surface area contributed by atoms with Gasteiger partial charge in [0.15, 0.2) is 0 Å². The minimum Gasteiger partial charge on any atom is -0.490 e. The van der Waals surface area contributed by atoms with Crippen LogP contribution in [0.5, 0.6) is 5.75 Å². The number of hydrogen-bond donors (Lipinski definition) is 1. The predicted octanol–water partition coefficient (Wildman–Crippen LogP) is 0.702. The number of nitro groups is 1. The smallest absolute Gasteiger partial charge is 0.311 e. The van der Waals surface area contributed by atoms with E-state index in [2.05, 4.69) is 4.74 Å². The molecule has 0 aliphatic rings. The number of methoxy groups -OCH3 is 1. The monoisotopic (exact) mass is 199 g/mol. The Labute approximate surface area is 83.6 Å². The van der Waals surface area contributed by atoms with Gasteiger partial charge in [-0.15, -0.1) is 0 Å². The molecule has 1 rings (SSSR count). The van der Waals surface area contributed by atoms with Gasteiger partial charge in [-0.05, 0) is 6.07 Å². The average Bonchev–Trinajstić information content (AvgIpc) is 2.14. The molecule has 0 spiro atoms. The largest absolute Gasteiger partial charge is 0.490 e. The molecule has 0 fully saturated rings. The maximum absolute atomic E-state index is 11.0. The molecule has 0 aliphatic carbocycles. The summed E-state index contributed by atoms with van der Waals surface area (Å²) in [6, 6.07) is 3.38. The van der Waals surface area contributed by atoms with Crippen molar-refractivity contribution in [2.24, 2.45) is 5.73 Å². The molecule has 14 heavy (non-hydrogen) atoms. The van der Waals surface area contributed by atoms with Crippen molar-refractivity contribution < 1.29 is 18.6 Å². The summed E-state index contributed by atoms with van der Waals surface area (Å²) in [6.07, 6.45) is 0. The minimum absolute atomic E-state index is 0.352. The zero-order valence-corrected chi connectivity index (χ0v) is 6.89. The Kier molecular flexibility index (Phi) is 1.70. The van der Waals surface area contributed by atoms with Crippen LogP contribution in [0.25, 0.3) is 0 Å². The van der Waals surface area contributed by atoms with Gasteiger partial charge in [-0.2, -0.15) is 0 Å². The molecule has 0 bridgehead atoms. The van der Waals surface area contributed by atoms with Gasteiger partial charge in [0.25, 0.3) is 5.91 Å². The van der Waals surface area contributed by atoms with Crippen LogP contribution in [0.15, 0.2) is 18.2 Å². The first-order valence-electron chi connectivity index (χ1n) is 4.98. The van der Waals surface area contributed by atoms with E-state index in [1.54, 1.807) is 0 Å². The number of rotatable bonds is 3. The number of hydrogen-bond acceptors (Lipinski definition) is 4. The van der Waals surface area contributed by atoms with Gasteiger partial charge in [-0.25, -0.2) is 0 Å². The van der Waals surface area contributed by atoms with E-state index in [0.29, 0.717) is 0 Å². The summed E-state index contributed by atoms with van der Waals surface area (Å²) in [6.45, 7) is 0. The van der Waals surface area contributed by atoms with Crippen molar-refractivity contribution in [3.8, 4) is 5.75 Å². The van der Waals surface area contributed by atoms with Crippen LogP contribution in [0.4, 0.5) is 5.69 Å². The third-order valence-electron chi connectivity index (χ3n) is 1.56. The molecular weight excluding hydrogens is 188 g/mol. The molecule has 1 amide bonds. The fourth-order valence-electron chi connectivity index (χ4n) is 0.970. The topological polar surface area (TPSA) is 95.5 Å². The molecule has 0 aliphatic heterocycles. The van der Waals surface area contributed by atoms with Crippen molar-refractivity contribution in [3.63, 3.8) is 0 Å². The lowest BCUT2D eigenvalue weighted by atomic mass is 10.1. The molecule has 6 nitrogen and oxygen atoms in total. The third kappa shape index (κ3) is 1.63. The molecule has 0 saturated carbocycles. The van der Waals surface area contributed by atoms with Crippen LogP contribution < -0.4 is 10.5 Å². The van der Waals surface area contributed by atoms with E-state index >= 15 is 0 Å². The number of nitrogens with two attached hydrogens (primary N) is 1. The van der Waals surface area contributed by atoms with Crippen molar-refractivity contribution in [1.82, 2.24) is 0 Å². The van der Waals surface area contributed by atoms with E-state index in [9.17, 15) is 14.9 Å². The molecule has 0 saturated heterocycles. The Hall–Kier alpha value is -2.11.